The largest absolute Gasteiger partial charge is 0.482 e. The number of sulfonamides is 1. The van der Waals surface area contributed by atoms with E-state index in [0.717, 1.165) is 0 Å². The Morgan fingerprint density at radius 3 is 2.32 bits per heavy atom. The van der Waals surface area contributed by atoms with Crippen molar-refractivity contribution < 1.29 is 31.9 Å². The Bertz CT molecular complexity index is 1020. The molecule has 0 aliphatic heterocycles. The normalized spacial score (nSPS) is 11.6. The molecule has 0 radical (unpaired) electrons. The summed E-state index contributed by atoms with van der Waals surface area (Å²) in [5, 5.41) is 2.61. The predicted molar refractivity (Wildman–Crippen MR) is 113 cm³/mol. The smallest absolute Gasteiger partial charge is 0.344 e. The highest BCUT2D eigenvalue weighted by atomic mass is 32.2. The lowest BCUT2D eigenvalue weighted by atomic mass is 10.1. The lowest BCUT2D eigenvalue weighted by molar-refractivity contribution is -0.145. The van der Waals surface area contributed by atoms with Crippen LogP contribution in [0.4, 0.5) is 10.1 Å². The van der Waals surface area contributed by atoms with Gasteiger partial charge < -0.3 is 14.8 Å². The molecule has 2 aromatic carbocycles. The summed E-state index contributed by atoms with van der Waals surface area (Å²) in [5.41, 5.74) is -1.09. The first kappa shape index (κ1) is 24.3. The number of nitrogens with one attached hydrogen (secondary N) is 2. The molecule has 0 aromatic heterocycles. The van der Waals surface area contributed by atoms with Gasteiger partial charge in [0.2, 0.25) is 15.9 Å². The quantitative estimate of drug-likeness (QED) is 0.536. The molecule has 1 amide bonds. The molecule has 10 heteroatoms. The second-order valence-electron chi connectivity index (χ2n) is 7.15. The van der Waals surface area contributed by atoms with Gasteiger partial charge >= 0.3 is 5.97 Å². The van der Waals surface area contributed by atoms with E-state index >= 15 is 0 Å². The van der Waals surface area contributed by atoms with Crippen molar-refractivity contribution in [2.24, 2.45) is 0 Å². The van der Waals surface area contributed by atoms with E-state index in [9.17, 15) is 22.4 Å². The van der Waals surface area contributed by atoms with E-state index in [4.69, 9.17) is 9.47 Å². The molecule has 2 rings (SSSR count). The van der Waals surface area contributed by atoms with Crippen LogP contribution in [0.15, 0.2) is 48.5 Å². The molecular weight excluding hydrogens is 427 g/mol. The Balaban J connectivity index is 1.97. The van der Waals surface area contributed by atoms with Crippen molar-refractivity contribution in [2.75, 3.05) is 18.5 Å². The first-order valence-corrected chi connectivity index (χ1v) is 11.1. The zero-order chi connectivity index (χ0) is 23.1. The van der Waals surface area contributed by atoms with Gasteiger partial charge in [-0.05, 0) is 51.1 Å². The topological polar surface area (TPSA) is 111 Å². The average molecular weight is 453 g/mol. The summed E-state index contributed by atoms with van der Waals surface area (Å²) in [6.45, 7) is 4.51. The van der Waals surface area contributed by atoms with Crippen molar-refractivity contribution in [2.45, 2.75) is 32.1 Å². The third-order valence-electron chi connectivity index (χ3n) is 4.06. The number of hydrogen-bond acceptors (Lipinski definition) is 6. The molecule has 0 saturated carbocycles. The van der Waals surface area contributed by atoms with E-state index in [0.29, 0.717) is 11.4 Å². The molecule has 0 fully saturated rings. The van der Waals surface area contributed by atoms with Crippen molar-refractivity contribution >= 4 is 27.6 Å². The van der Waals surface area contributed by atoms with Crippen LogP contribution >= 0.6 is 0 Å². The molecule has 168 valence electrons. The van der Waals surface area contributed by atoms with Crippen molar-refractivity contribution in [3.8, 4) is 5.75 Å². The van der Waals surface area contributed by atoms with E-state index in [1.165, 1.54) is 38.1 Å². The fraction of sp³-hybridized carbons (Fsp3) is 0.333. The maximum Gasteiger partial charge on any atom is 0.344 e. The Morgan fingerprint density at radius 2 is 1.71 bits per heavy atom. The number of benzene rings is 2. The van der Waals surface area contributed by atoms with Crippen LogP contribution in [0, 0.1) is 5.82 Å². The third-order valence-corrected chi connectivity index (χ3v) is 5.57. The summed E-state index contributed by atoms with van der Waals surface area (Å²) in [7, 11) is -3.99. The number of anilines is 1. The zero-order valence-electron chi connectivity index (χ0n) is 17.5. The second kappa shape index (κ2) is 10.4. The van der Waals surface area contributed by atoms with E-state index < -0.39 is 39.0 Å². The van der Waals surface area contributed by atoms with Crippen LogP contribution in [0.2, 0.25) is 0 Å². The van der Waals surface area contributed by atoms with E-state index in [-0.39, 0.29) is 18.8 Å². The van der Waals surface area contributed by atoms with Crippen molar-refractivity contribution in [3.63, 3.8) is 0 Å². The van der Waals surface area contributed by atoms with Gasteiger partial charge in [-0.15, -0.1) is 0 Å². The average Bonchev–Trinajstić information content (AvgIpc) is 2.68. The first-order chi connectivity index (χ1) is 14.5. The summed E-state index contributed by atoms with van der Waals surface area (Å²) >= 11 is 0. The Morgan fingerprint density at radius 1 is 1.06 bits per heavy atom. The molecule has 0 unspecified atom stereocenters. The highest BCUT2D eigenvalue weighted by Gasteiger charge is 2.33. The van der Waals surface area contributed by atoms with Gasteiger partial charge in [0.15, 0.2) is 6.61 Å². The molecule has 0 aliphatic rings. The number of esters is 1. The Labute approximate surface area is 180 Å². The fourth-order valence-electron chi connectivity index (χ4n) is 2.56. The summed E-state index contributed by atoms with van der Waals surface area (Å²) in [6.07, 6.45) is 0. The molecule has 0 aliphatic carbocycles. The third kappa shape index (κ3) is 7.65. The Kier molecular flexibility index (Phi) is 8.12. The van der Waals surface area contributed by atoms with Crippen LogP contribution in [0.25, 0.3) is 0 Å². The highest BCUT2D eigenvalue weighted by Crippen LogP contribution is 2.18. The summed E-state index contributed by atoms with van der Waals surface area (Å²) in [4.78, 5) is 23.9. The lowest BCUT2D eigenvalue weighted by Crippen LogP contribution is -2.52. The van der Waals surface area contributed by atoms with Gasteiger partial charge in [0.25, 0.3) is 0 Å². The number of ether oxygens (including phenoxy) is 2. The minimum absolute atomic E-state index is 0.00427. The van der Waals surface area contributed by atoms with Crippen molar-refractivity contribution in [3.05, 3.63) is 59.9 Å². The van der Waals surface area contributed by atoms with Gasteiger partial charge in [0.1, 0.15) is 17.1 Å². The number of rotatable bonds is 10. The van der Waals surface area contributed by atoms with Gasteiger partial charge in [-0.2, -0.15) is 4.72 Å². The molecule has 31 heavy (non-hydrogen) atoms. The molecule has 2 aromatic rings. The van der Waals surface area contributed by atoms with E-state index in [1.54, 1.807) is 31.2 Å². The predicted octanol–water partition coefficient (Wildman–Crippen LogP) is 2.60. The van der Waals surface area contributed by atoms with Gasteiger partial charge in [-0.25, -0.2) is 17.6 Å². The van der Waals surface area contributed by atoms with E-state index in [1.807, 2.05) is 0 Å². The maximum absolute atomic E-state index is 13.8. The lowest BCUT2D eigenvalue weighted by Gasteiger charge is -2.25. The maximum atomic E-state index is 13.8. The van der Waals surface area contributed by atoms with Gasteiger partial charge in [-0.3, -0.25) is 4.79 Å². The van der Waals surface area contributed by atoms with Crippen LogP contribution in [0.1, 0.15) is 26.3 Å². The van der Waals surface area contributed by atoms with Crippen molar-refractivity contribution in [1.29, 1.82) is 0 Å². The number of carbonyl (C=O) groups is 2. The van der Waals surface area contributed by atoms with Crippen LogP contribution in [-0.4, -0.2) is 39.0 Å². The van der Waals surface area contributed by atoms with Gasteiger partial charge in [0.05, 0.1) is 12.4 Å². The van der Waals surface area contributed by atoms with E-state index in [2.05, 4.69) is 10.0 Å². The van der Waals surface area contributed by atoms with Gasteiger partial charge in [-0.1, -0.05) is 18.2 Å². The molecule has 0 spiro atoms. The van der Waals surface area contributed by atoms with Crippen molar-refractivity contribution in [1.82, 2.24) is 4.72 Å². The van der Waals surface area contributed by atoms with Crippen LogP contribution in [0.3, 0.4) is 0 Å². The summed E-state index contributed by atoms with van der Waals surface area (Å²) < 4.78 is 51.0. The number of halogens is 1. The number of hydrogen-bond donors (Lipinski definition) is 2. The minimum atomic E-state index is -3.99. The monoisotopic (exact) mass is 452 g/mol. The molecule has 0 saturated heterocycles. The van der Waals surface area contributed by atoms with Crippen LogP contribution < -0.4 is 14.8 Å². The molecular formula is C21H25FN2O6S. The van der Waals surface area contributed by atoms with Gasteiger partial charge in [0, 0.05) is 11.3 Å². The molecule has 2 N–H and O–H groups in total. The summed E-state index contributed by atoms with van der Waals surface area (Å²) in [6, 6.07) is 11.7. The molecule has 0 heterocycles. The number of amides is 1. The summed E-state index contributed by atoms with van der Waals surface area (Å²) in [5.74, 6) is -1.94. The molecule has 0 atom stereocenters. The molecule has 0 bridgehead atoms. The SMILES string of the molecule is CCOC(=O)COc1ccc(NC(=O)C(C)(C)NS(=O)(=O)Cc2ccccc2F)cc1. The zero-order valence-corrected chi connectivity index (χ0v) is 18.3. The highest BCUT2D eigenvalue weighted by molar-refractivity contribution is 7.88. The number of carbonyl (C=O) groups excluding carboxylic acids is 2. The van der Waals surface area contributed by atoms with Crippen LogP contribution in [-0.2, 0) is 30.1 Å². The first-order valence-electron chi connectivity index (χ1n) is 9.47. The fourth-order valence-corrected chi connectivity index (χ4v) is 4.14. The second-order valence-corrected chi connectivity index (χ2v) is 8.87. The standard InChI is InChI=1S/C21H25FN2O6S/c1-4-29-19(25)13-30-17-11-9-16(10-12-17)23-20(26)21(2,3)24-31(27,28)14-15-7-5-6-8-18(15)22/h5-12,24H,4,13-14H2,1-3H3,(H,23,26). The Hall–Kier alpha value is -2.98. The molecule has 8 nitrogen and oxygen atoms in total. The minimum Gasteiger partial charge on any atom is -0.482 e. The van der Waals surface area contributed by atoms with Crippen LogP contribution in [0.5, 0.6) is 5.75 Å².